The first-order chi connectivity index (χ1) is 16.3. The number of thiocarbonyl (C=S) groups is 1. The highest BCUT2D eigenvalue weighted by Crippen LogP contribution is 2.34. The van der Waals surface area contributed by atoms with Crippen molar-refractivity contribution in [2.75, 3.05) is 26.1 Å². The third-order valence-electron chi connectivity index (χ3n) is 5.52. The Morgan fingerprint density at radius 1 is 1.06 bits per heavy atom. The van der Waals surface area contributed by atoms with Gasteiger partial charge < -0.3 is 14.8 Å². The Balaban J connectivity index is 1.46. The number of methoxy groups -OCH3 is 2. The van der Waals surface area contributed by atoms with E-state index in [1.165, 1.54) is 17.3 Å². The zero-order valence-electron chi connectivity index (χ0n) is 20.0. The van der Waals surface area contributed by atoms with Gasteiger partial charge in [0.25, 0.3) is 5.91 Å². The van der Waals surface area contributed by atoms with Crippen LogP contribution in [0.25, 0.3) is 6.08 Å². The lowest BCUT2D eigenvalue weighted by atomic mass is 10.1. The summed E-state index contributed by atoms with van der Waals surface area (Å²) in [4.78, 5) is 27.3. The topological polar surface area (TPSA) is 67.9 Å². The maximum Gasteiger partial charge on any atom is 0.266 e. The Labute approximate surface area is 210 Å². The predicted octanol–water partition coefficient (Wildman–Crippen LogP) is 5.72. The van der Waals surface area contributed by atoms with Crippen molar-refractivity contribution >= 4 is 51.9 Å². The highest BCUT2D eigenvalue weighted by molar-refractivity contribution is 8.26. The number of carbonyl (C=O) groups is 2. The van der Waals surface area contributed by atoms with Crippen molar-refractivity contribution in [3.8, 4) is 11.5 Å². The third-order valence-corrected chi connectivity index (χ3v) is 6.90. The van der Waals surface area contributed by atoms with Gasteiger partial charge in [-0.1, -0.05) is 54.2 Å². The average molecular weight is 499 g/mol. The fourth-order valence-corrected chi connectivity index (χ4v) is 4.99. The number of unbranched alkanes of at least 4 members (excludes halogenated alkanes) is 2. The molecule has 2 aromatic rings. The fourth-order valence-electron chi connectivity index (χ4n) is 3.69. The Bertz CT molecular complexity index is 1110. The van der Waals surface area contributed by atoms with Crippen molar-refractivity contribution < 1.29 is 19.1 Å². The molecule has 1 fully saturated rings. The number of ether oxygens (including phenoxy) is 2. The molecule has 0 radical (unpaired) electrons. The van der Waals surface area contributed by atoms with Crippen LogP contribution >= 0.6 is 24.0 Å². The average Bonchev–Trinajstić information content (AvgIpc) is 3.07. The second-order valence-corrected chi connectivity index (χ2v) is 9.80. The number of amides is 2. The van der Waals surface area contributed by atoms with E-state index in [1.54, 1.807) is 19.1 Å². The summed E-state index contributed by atoms with van der Waals surface area (Å²) in [7, 11) is 3.16. The molecule has 0 spiro atoms. The molecule has 2 aromatic carbocycles. The van der Waals surface area contributed by atoms with Crippen molar-refractivity contribution in [1.29, 1.82) is 0 Å². The molecule has 0 bridgehead atoms. The van der Waals surface area contributed by atoms with E-state index >= 15 is 0 Å². The number of anilines is 1. The largest absolute Gasteiger partial charge is 0.493 e. The van der Waals surface area contributed by atoms with Crippen LogP contribution in [-0.4, -0.2) is 41.8 Å². The lowest BCUT2D eigenvalue weighted by Gasteiger charge is -2.14. The van der Waals surface area contributed by atoms with E-state index in [9.17, 15) is 9.59 Å². The second-order valence-electron chi connectivity index (χ2n) is 8.12. The number of aryl methyl sites for hydroxylation is 2. The van der Waals surface area contributed by atoms with Gasteiger partial charge >= 0.3 is 0 Å². The Morgan fingerprint density at radius 3 is 2.53 bits per heavy atom. The second kappa shape index (κ2) is 12.0. The number of rotatable bonds is 10. The van der Waals surface area contributed by atoms with Gasteiger partial charge in [-0.05, 0) is 62.1 Å². The van der Waals surface area contributed by atoms with Gasteiger partial charge in [0.05, 0.1) is 19.1 Å². The van der Waals surface area contributed by atoms with E-state index in [1.807, 2.05) is 50.3 Å². The van der Waals surface area contributed by atoms with Crippen molar-refractivity contribution in [2.45, 2.75) is 39.5 Å². The van der Waals surface area contributed by atoms with Gasteiger partial charge in [0.2, 0.25) is 5.91 Å². The molecular weight excluding hydrogens is 468 g/mol. The van der Waals surface area contributed by atoms with Crippen molar-refractivity contribution in [1.82, 2.24) is 4.90 Å². The molecule has 2 amide bonds. The summed E-state index contributed by atoms with van der Waals surface area (Å²) in [6.45, 7) is 4.57. The summed E-state index contributed by atoms with van der Waals surface area (Å²) in [5, 5.41) is 2.98. The van der Waals surface area contributed by atoms with Crippen LogP contribution in [0.3, 0.4) is 0 Å². The van der Waals surface area contributed by atoms with Gasteiger partial charge in [0, 0.05) is 18.7 Å². The van der Waals surface area contributed by atoms with Crippen LogP contribution < -0.4 is 14.8 Å². The number of nitrogens with one attached hydrogen (secondary N) is 1. The number of hydrogen-bond donors (Lipinski definition) is 1. The summed E-state index contributed by atoms with van der Waals surface area (Å²) in [5.74, 6) is 1.16. The van der Waals surface area contributed by atoms with Gasteiger partial charge in [-0.15, -0.1) is 0 Å². The van der Waals surface area contributed by atoms with Crippen molar-refractivity contribution in [3.05, 3.63) is 58.0 Å². The van der Waals surface area contributed by atoms with Gasteiger partial charge in [0.15, 0.2) is 11.5 Å². The summed E-state index contributed by atoms with van der Waals surface area (Å²) in [6.07, 6.45) is 4.65. The lowest BCUT2D eigenvalue weighted by Crippen LogP contribution is -2.29. The molecule has 1 heterocycles. The SMILES string of the molecule is COc1ccc(C=C2SC(=S)N(CCCCCC(=O)Nc3ccc(C)cc3C)C2=O)cc1OC. The van der Waals surface area contributed by atoms with Crippen molar-refractivity contribution in [3.63, 3.8) is 0 Å². The minimum absolute atomic E-state index is 0.00965. The molecule has 3 rings (SSSR count). The lowest BCUT2D eigenvalue weighted by molar-refractivity contribution is -0.122. The molecule has 1 saturated heterocycles. The molecule has 0 saturated carbocycles. The van der Waals surface area contributed by atoms with Gasteiger partial charge in [-0.25, -0.2) is 0 Å². The van der Waals surface area contributed by atoms with E-state index in [0.29, 0.717) is 33.7 Å². The summed E-state index contributed by atoms with van der Waals surface area (Å²) >= 11 is 6.74. The normalized spacial score (nSPS) is 14.6. The van der Waals surface area contributed by atoms with E-state index in [4.69, 9.17) is 21.7 Å². The number of nitrogens with zero attached hydrogens (tertiary/aromatic N) is 1. The number of carbonyl (C=O) groups excluding carboxylic acids is 2. The Kier molecular flexibility index (Phi) is 9.12. The monoisotopic (exact) mass is 498 g/mol. The summed E-state index contributed by atoms with van der Waals surface area (Å²) in [6, 6.07) is 11.5. The number of thioether (sulfide) groups is 1. The molecule has 34 heavy (non-hydrogen) atoms. The first kappa shape index (κ1) is 25.8. The summed E-state index contributed by atoms with van der Waals surface area (Å²) in [5.41, 5.74) is 3.93. The minimum Gasteiger partial charge on any atom is -0.493 e. The predicted molar refractivity (Wildman–Crippen MR) is 142 cm³/mol. The van der Waals surface area contributed by atoms with Gasteiger partial charge in [-0.3, -0.25) is 14.5 Å². The van der Waals surface area contributed by atoms with Crippen LogP contribution in [0.2, 0.25) is 0 Å². The molecule has 8 heteroatoms. The summed E-state index contributed by atoms with van der Waals surface area (Å²) < 4.78 is 11.2. The Hall–Kier alpha value is -2.84. The molecule has 0 aliphatic carbocycles. The highest BCUT2D eigenvalue weighted by Gasteiger charge is 2.31. The molecule has 1 aliphatic rings. The van der Waals surface area contributed by atoms with Gasteiger partial charge in [-0.2, -0.15) is 0 Å². The van der Waals surface area contributed by atoms with Crippen LogP contribution in [0.4, 0.5) is 5.69 Å². The maximum absolute atomic E-state index is 12.9. The molecule has 0 unspecified atom stereocenters. The molecule has 180 valence electrons. The van der Waals surface area contributed by atoms with Crippen LogP contribution in [-0.2, 0) is 9.59 Å². The first-order valence-corrected chi connectivity index (χ1v) is 12.4. The van der Waals surface area contributed by atoms with Crippen LogP contribution in [0.1, 0.15) is 42.4 Å². The number of benzene rings is 2. The van der Waals surface area contributed by atoms with E-state index < -0.39 is 0 Å². The minimum atomic E-state index is -0.0858. The molecule has 0 aromatic heterocycles. The van der Waals surface area contributed by atoms with E-state index in [-0.39, 0.29) is 11.8 Å². The van der Waals surface area contributed by atoms with E-state index in [0.717, 1.165) is 36.1 Å². The third kappa shape index (κ3) is 6.61. The zero-order chi connectivity index (χ0) is 24.7. The van der Waals surface area contributed by atoms with Crippen LogP contribution in [0, 0.1) is 13.8 Å². The molecule has 1 N–H and O–H groups in total. The van der Waals surface area contributed by atoms with Crippen LogP contribution in [0.5, 0.6) is 11.5 Å². The number of hydrogen-bond acceptors (Lipinski definition) is 6. The first-order valence-electron chi connectivity index (χ1n) is 11.2. The highest BCUT2D eigenvalue weighted by atomic mass is 32.2. The molecule has 6 nitrogen and oxygen atoms in total. The van der Waals surface area contributed by atoms with E-state index in [2.05, 4.69) is 11.4 Å². The Morgan fingerprint density at radius 2 is 1.82 bits per heavy atom. The quantitative estimate of drug-likeness (QED) is 0.257. The van der Waals surface area contributed by atoms with Crippen LogP contribution in [0.15, 0.2) is 41.3 Å². The maximum atomic E-state index is 12.9. The molecule has 1 aliphatic heterocycles. The smallest absolute Gasteiger partial charge is 0.266 e. The zero-order valence-corrected chi connectivity index (χ0v) is 21.6. The molecular formula is C26H30N2O4S2. The van der Waals surface area contributed by atoms with Crippen molar-refractivity contribution in [2.24, 2.45) is 0 Å². The van der Waals surface area contributed by atoms with Gasteiger partial charge in [0.1, 0.15) is 4.32 Å². The standard InChI is InChI=1S/C26H30N2O4S2/c1-17-9-11-20(18(2)14-17)27-24(29)8-6-5-7-13-28-25(30)23(34-26(28)33)16-19-10-12-21(31-3)22(15-19)32-4/h9-12,14-16H,5-8,13H2,1-4H3,(H,27,29). The fraction of sp³-hybridized carbons (Fsp3) is 0.346. The molecule has 0 atom stereocenters.